The maximum absolute atomic E-state index is 12.0. The van der Waals surface area contributed by atoms with Crippen LogP contribution < -0.4 is 5.32 Å². The summed E-state index contributed by atoms with van der Waals surface area (Å²) >= 11 is 5.88. The predicted octanol–water partition coefficient (Wildman–Crippen LogP) is 2.44. The van der Waals surface area contributed by atoms with Gasteiger partial charge in [-0.2, -0.15) is 0 Å². The molecule has 1 amide bonds. The van der Waals surface area contributed by atoms with Crippen LogP contribution in [0.25, 0.3) is 0 Å². The Morgan fingerprint density at radius 1 is 1.26 bits per heavy atom. The SMILES string of the molecule is O=C(NC1CC1)C1CCN(Cc2ccc(Cl)cc2)C1. The van der Waals surface area contributed by atoms with Gasteiger partial charge in [0, 0.05) is 24.2 Å². The van der Waals surface area contributed by atoms with Crippen molar-refractivity contribution in [2.75, 3.05) is 13.1 Å². The molecule has 0 bridgehead atoms. The Labute approximate surface area is 118 Å². The van der Waals surface area contributed by atoms with Crippen LogP contribution in [-0.2, 0) is 11.3 Å². The number of benzene rings is 1. The molecule has 0 spiro atoms. The Hall–Kier alpha value is -1.06. The third kappa shape index (κ3) is 3.48. The van der Waals surface area contributed by atoms with Crippen LogP contribution in [0.3, 0.4) is 0 Å². The number of hydrogen-bond acceptors (Lipinski definition) is 2. The smallest absolute Gasteiger partial charge is 0.224 e. The van der Waals surface area contributed by atoms with Crippen LogP contribution in [0, 0.1) is 5.92 Å². The molecule has 1 atom stereocenters. The van der Waals surface area contributed by atoms with Crippen LogP contribution in [0.1, 0.15) is 24.8 Å². The molecule has 1 saturated carbocycles. The molecular formula is C15H19ClN2O. The number of amides is 1. The maximum Gasteiger partial charge on any atom is 0.224 e. The van der Waals surface area contributed by atoms with Crippen LogP contribution >= 0.6 is 11.6 Å². The van der Waals surface area contributed by atoms with E-state index in [0.29, 0.717) is 6.04 Å². The Kier molecular flexibility index (Phi) is 3.76. The molecule has 0 aromatic heterocycles. The third-order valence-corrected chi connectivity index (χ3v) is 4.14. The molecule has 1 saturated heterocycles. The number of carbonyl (C=O) groups excluding carboxylic acids is 1. The zero-order valence-electron chi connectivity index (χ0n) is 10.9. The number of hydrogen-bond donors (Lipinski definition) is 1. The van der Waals surface area contributed by atoms with Crippen LogP contribution in [0.15, 0.2) is 24.3 Å². The van der Waals surface area contributed by atoms with Crippen molar-refractivity contribution >= 4 is 17.5 Å². The second kappa shape index (κ2) is 5.51. The first-order chi connectivity index (χ1) is 9.20. The van der Waals surface area contributed by atoms with Gasteiger partial charge >= 0.3 is 0 Å². The summed E-state index contributed by atoms with van der Waals surface area (Å²) in [5.41, 5.74) is 1.26. The van der Waals surface area contributed by atoms with Gasteiger partial charge in [0.1, 0.15) is 0 Å². The Bertz CT molecular complexity index is 456. The minimum Gasteiger partial charge on any atom is -0.353 e. The van der Waals surface area contributed by atoms with Crippen molar-refractivity contribution in [1.29, 1.82) is 0 Å². The van der Waals surface area contributed by atoms with E-state index in [1.807, 2.05) is 12.1 Å². The molecule has 1 unspecified atom stereocenters. The minimum absolute atomic E-state index is 0.174. The predicted molar refractivity (Wildman–Crippen MR) is 76.0 cm³/mol. The Balaban J connectivity index is 1.50. The summed E-state index contributed by atoms with van der Waals surface area (Å²) in [6.45, 7) is 2.79. The largest absolute Gasteiger partial charge is 0.353 e. The third-order valence-electron chi connectivity index (χ3n) is 3.89. The minimum atomic E-state index is 0.174. The van der Waals surface area contributed by atoms with Gasteiger partial charge in [-0.1, -0.05) is 23.7 Å². The summed E-state index contributed by atoms with van der Waals surface area (Å²) in [4.78, 5) is 14.3. The molecule has 19 heavy (non-hydrogen) atoms. The molecule has 102 valence electrons. The summed E-state index contributed by atoms with van der Waals surface area (Å²) < 4.78 is 0. The molecule has 1 aliphatic heterocycles. The second-order valence-corrected chi connectivity index (χ2v) is 6.07. The first kappa shape index (κ1) is 12.9. The zero-order valence-corrected chi connectivity index (χ0v) is 11.7. The average molecular weight is 279 g/mol. The fourth-order valence-corrected chi connectivity index (χ4v) is 2.71. The van der Waals surface area contributed by atoms with Gasteiger partial charge < -0.3 is 5.32 Å². The van der Waals surface area contributed by atoms with Crippen molar-refractivity contribution in [2.24, 2.45) is 5.92 Å². The van der Waals surface area contributed by atoms with Crippen LogP contribution in [0.2, 0.25) is 5.02 Å². The van der Waals surface area contributed by atoms with Crippen molar-refractivity contribution in [3.63, 3.8) is 0 Å². The fourth-order valence-electron chi connectivity index (χ4n) is 2.58. The number of likely N-dealkylation sites (tertiary alicyclic amines) is 1. The summed E-state index contributed by atoms with van der Waals surface area (Å²) in [6, 6.07) is 8.42. The lowest BCUT2D eigenvalue weighted by molar-refractivity contribution is -0.124. The fraction of sp³-hybridized carbons (Fsp3) is 0.533. The van der Waals surface area contributed by atoms with Crippen LogP contribution in [0.4, 0.5) is 0 Å². The highest BCUT2D eigenvalue weighted by Crippen LogP contribution is 2.23. The Morgan fingerprint density at radius 3 is 2.68 bits per heavy atom. The summed E-state index contributed by atoms with van der Waals surface area (Å²) in [6.07, 6.45) is 3.30. The first-order valence-electron chi connectivity index (χ1n) is 6.98. The van der Waals surface area contributed by atoms with E-state index in [1.165, 1.54) is 5.56 Å². The van der Waals surface area contributed by atoms with Gasteiger partial charge in [-0.15, -0.1) is 0 Å². The van der Waals surface area contributed by atoms with Crippen LogP contribution in [-0.4, -0.2) is 29.9 Å². The quantitative estimate of drug-likeness (QED) is 0.917. The van der Waals surface area contributed by atoms with Crippen molar-refractivity contribution in [3.8, 4) is 0 Å². The highest BCUT2D eigenvalue weighted by Gasteiger charge is 2.31. The molecule has 1 aromatic carbocycles. The number of nitrogens with one attached hydrogen (secondary N) is 1. The highest BCUT2D eigenvalue weighted by molar-refractivity contribution is 6.30. The van der Waals surface area contributed by atoms with Gasteiger partial charge in [0.15, 0.2) is 0 Å². The standard InChI is InChI=1S/C15H19ClN2O/c16-13-3-1-11(2-4-13)9-18-8-7-12(10-18)15(19)17-14-5-6-14/h1-4,12,14H,5-10H2,(H,17,19). The molecule has 1 aliphatic carbocycles. The molecule has 4 heteroatoms. The molecular weight excluding hydrogens is 260 g/mol. The number of carbonyl (C=O) groups is 1. The van der Waals surface area contributed by atoms with Gasteiger partial charge in [-0.05, 0) is 43.5 Å². The molecule has 1 heterocycles. The summed E-state index contributed by atoms with van der Waals surface area (Å²) in [5, 5.41) is 3.87. The van der Waals surface area contributed by atoms with E-state index in [-0.39, 0.29) is 11.8 Å². The van der Waals surface area contributed by atoms with Crippen LogP contribution in [0.5, 0.6) is 0 Å². The monoisotopic (exact) mass is 278 g/mol. The normalized spacial score (nSPS) is 23.5. The van der Waals surface area contributed by atoms with Gasteiger partial charge in [-0.3, -0.25) is 9.69 Å². The first-order valence-corrected chi connectivity index (χ1v) is 7.36. The van der Waals surface area contributed by atoms with Crippen molar-refractivity contribution < 1.29 is 4.79 Å². The van der Waals surface area contributed by atoms with Gasteiger partial charge in [-0.25, -0.2) is 0 Å². The van der Waals surface area contributed by atoms with Crippen molar-refractivity contribution in [1.82, 2.24) is 10.2 Å². The lowest BCUT2D eigenvalue weighted by atomic mass is 10.1. The summed E-state index contributed by atoms with van der Waals surface area (Å²) in [5.74, 6) is 0.425. The Morgan fingerprint density at radius 2 is 2.00 bits per heavy atom. The lowest BCUT2D eigenvalue weighted by Crippen LogP contribution is -2.34. The molecule has 0 radical (unpaired) electrons. The lowest BCUT2D eigenvalue weighted by Gasteiger charge is -2.16. The molecule has 3 rings (SSSR count). The molecule has 3 nitrogen and oxygen atoms in total. The number of nitrogens with zero attached hydrogens (tertiary/aromatic N) is 1. The van der Waals surface area contributed by atoms with Gasteiger partial charge in [0.2, 0.25) is 5.91 Å². The summed E-state index contributed by atoms with van der Waals surface area (Å²) in [7, 11) is 0. The molecule has 1 aromatic rings. The maximum atomic E-state index is 12.0. The van der Waals surface area contributed by atoms with E-state index in [9.17, 15) is 4.79 Å². The van der Waals surface area contributed by atoms with E-state index >= 15 is 0 Å². The van der Waals surface area contributed by atoms with E-state index in [4.69, 9.17) is 11.6 Å². The van der Waals surface area contributed by atoms with Crippen molar-refractivity contribution in [2.45, 2.75) is 31.8 Å². The number of halogens is 1. The molecule has 2 aliphatic rings. The average Bonchev–Trinajstić information content (AvgIpc) is 3.08. The number of rotatable bonds is 4. The highest BCUT2D eigenvalue weighted by atomic mass is 35.5. The molecule has 2 fully saturated rings. The van der Waals surface area contributed by atoms with E-state index in [2.05, 4.69) is 22.3 Å². The van der Waals surface area contributed by atoms with E-state index in [0.717, 1.165) is 43.9 Å². The van der Waals surface area contributed by atoms with Crippen molar-refractivity contribution in [3.05, 3.63) is 34.9 Å². The zero-order chi connectivity index (χ0) is 13.2. The van der Waals surface area contributed by atoms with Gasteiger partial charge in [0.05, 0.1) is 5.92 Å². The second-order valence-electron chi connectivity index (χ2n) is 5.63. The van der Waals surface area contributed by atoms with E-state index < -0.39 is 0 Å². The van der Waals surface area contributed by atoms with E-state index in [1.54, 1.807) is 0 Å². The topological polar surface area (TPSA) is 32.3 Å². The molecule has 1 N–H and O–H groups in total. The van der Waals surface area contributed by atoms with Gasteiger partial charge in [0.25, 0.3) is 0 Å².